The zero-order valence-corrected chi connectivity index (χ0v) is 2.88. The Labute approximate surface area is 34.3 Å². The highest BCUT2D eigenvalue weighted by Gasteiger charge is 1.89. The molecule has 6 heavy (non-hydrogen) atoms. The Kier molecular flexibility index (Phi) is 0.664. The van der Waals surface area contributed by atoms with Gasteiger partial charge in [-0.25, -0.2) is 0 Å². The van der Waals surface area contributed by atoms with E-state index in [1.54, 1.807) is 0 Å². The number of nitrogens with one attached hydrogen (secondary N) is 1. The third-order valence-corrected chi connectivity index (χ3v) is 0.394. The van der Waals surface area contributed by atoms with Crippen molar-refractivity contribution in [2.45, 2.75) is 0 Å². The summed E-state index contributed by atoms with van der Waals surface area (Å²) in [6.45, 7) is 0. The maximum atomic E-state index is 9.86. The molecule has 0 aromatic heterocycles. The van der Waals surface area contributed by atoms with Crippen LogP contribution in [0.4, 0.5) is 0 Å². The molecule has 0 aromatic rings. The second-order valence-corrected chi connectivity index (χ2v) is 0.812. The molecule has 4 nitrogen and oxygen atoms in total. The lowest BCUT2D eigenvalue weighted by Crippen LogP contribution is -2.95. The molecule has 1 radical (unpaired) electrons. The Morgan fingerprint density at radius 1 is 1.83 bits per heavy atom. The zero-order valence-electron chi connectivity index (χ0n) is 2.88. The highest BCUT2D eigenvalue weighted by molar-refractivity contribution is 4.57. The molecule has 1 aliphatic heterocycles. The standard InChI is InChI=1S/C2H2N3O/c6-5-2-1-3-4-5/h2,5H. The molecule has 1 unspecified atom stereocenters. The van der Waals surface area contributed by atoms with Crippen LogP contribution in [-0.2, 0) is 0 Å². The van der Waals surface area contributed by atoms with Crippen LogP contribution in [0.2, 0.25) is 0 Å². The fourth-order valence-electron chi connectivity index (χ4n) is 0.191. The van der Waals surface area contributed by atoms with Crippen molar-refractivity contribution in [1.82, 2.24) is 0 Å². The fraction of sp³-hybridized carbons (Fsp3) is 0. The number of hydrogen-bond donors (Lipinski definition) is 1. The third kappa shape index (κ3) is 0.425. The summed E-state index contributed by atoms with van der Waals surface area (Å²) >= 11 is 0. The molecule has 1 heterocycles. The molecule has 0 amide bonds. The molecular weight excluding hydrogens is 82.0 g/mol. The topological polar surface area (TPSA) is 52.2 Å². The van der Waals surface area contributed by atoms with E-state index in [2.05, 4.69) is 16.5 Å². The number of nitrogens with zero attached hydrogens (tertiary/aromatic N) is 2. The first kappa shape index (κ1) is 3.45. The molecule has 0 spiro atoms. The van der Waals surface area contributed by atoms with Crippen molar-refractivity contribution in [1.29, 1.82) is 0 Å². The van der Waals surface area contributed by atoms with E-state index in [0.717, 1.165) is 0 Å². The Balaban J connectivity index is 2.60. The van der Waals surface area contributed by atoms with Gasteiger partial charge in [0, 0.05) is 5.22 Å². The van der Waals surface area contributed by atoms with Gasteiger partial charge in [-0.3, -0.25) is 0 Å². The van der Waals surface area contributed by atoms with Gasteiger partial charge in [0.15, 0.2) is 12.4 Å². The summed E-state index contributed by atoms with van der Waals surface area (Å²) in [4.78, 5) is 0. The predicted octanol–water partition coefficient (Wildman–Crippen LogP) is -0.976. The van der Waals surface area contributed by atoms with E-state index in [1.807, 2.05) is 0 Å². The average molecular weight is 84.1 g/mol. The van der Waals surface area contributed by atoms with Crippen molar-refractivity contribution in [3.8, 4) is 0 Å². The lowest BCUT2D eigenvalue weighted by atomic mass is 11.0. The first-order valence-corrected chi connectivity index (χ1v) is 1.43. The predicted molar refractivity (Wildman–Crippen MR) is 17.0 cm³/mol. The summed E-state index contributed by atoms with van der Waals surface area (Å²) < 4.78 is 0. The molecule has 1 N–H and O–H groups in total. The van der Waals surface area contributed by atoms with Gasteiger partial charge in [0.1, 0.15) is 0 Å². The van der Waals surface area contributed by atoms with E-state index in [0.29, 0.717) is 0 Å². The van der Waals surface area contributed by atoms with Gasteiger partial charge in [-0.05, 0) is 0 Å². The maximum Gasteiger partial charge on any atom is 0.180 e. The van der Waals surface area contributed by atoms with Crippen LogP contribution in [0.25, 0.3) is 0 Å². The lowest BCUT2D eigenvalue weighted by Gasteiger charge is -1.97. The van der Waals surface area contributed by atoms with Gasteiger partial charge in [-0.15, -0.1) is 0 Å². The van der Waals surface area contributed by atoms with Crippen LogP contribution in [0.5, 0.6) is 0 Å². The van der Waals surface area contributed by atoms with Crippen LogP contribution in [0.3, 0.4) is 0 Å². The van der Waals surface area contributed by atoms with E-state index >= 15 is 0 Å². The van der Waals surface area contributed by atoms with Gasteiger partial charge < -0.3 is 5.21 Å². The van der Waals surface area contributed by atoms with Gasteiger partial charge in [-0.1, -0.05) is 5.11 Å². The average Bonchev–Trinajstić information content (AvgIpc) is 1.86. The van der Waals surface area contributed by atoms with E-state index in [4.69, 9.17) is 0 Å². The number of quaternary nitrogens is 1. The molecule has 31 valence electrons. The highest BCUT2D eigenvalue weighted by Crippen LogP contribution is 1.71. The first-order valence-electron chi connectivity index (χ1n) is 1.43. The van der Waals surface area contributed by atoms with E-state index < -0.39 is 0 Å². The normalized spacial score (nSPS) is 29.2. The molecule has 1 atom stereocenters. The largest absolute Gasteiger partial charge is 0.600 e. The molecule has 0 aromatic carbocycles. The molecular formula is C2H2N3O. The minimum Gasteiger partial charge on any atom is -0.600 e. The Hall–Kier alpha value is -0.740. The highest BCUT2D eigenvalue weighted by atomic mass is 16.5. The van der Waals surface area contributed by atoms with Gasteiger partial charge in [0.05, 0.1) is 0 Å². The second-order valence-electron chi connectivity index (χ2n) is 0.812. The van der Waals surface area contributed by atoms with E-state index in [1.165, 1.54) is 6.20 Å². The Morgan fingerprint density at radius 2 is 2.67 bits per heavy atom. The van der Waals surface area contributed by atoms with Crippen molar-refractivity contribution in [3.05, 3.63) is 17.6 Å². The van der Waals surface area contributed by atoms with Gasteiger partial charge in [0.2, 0.25) is 0 Å². The summed E-state index contributed by atoms with van der Waals surface area (Å²) in [5.41, 5.74) is 0. The van der Waals surface area contributed by atoms with E-state index in [-0.39, 0.29) is 5.17 Å². The van der Waals surface area contributed by atoms with Crippen LogP contribution in [0, 0.1) is 11.4 Å². The van der Waals surface area contributed by atoms with Crippen LogP contribution in [0.1, 0.15) is 0 Å². The molecule has 1 aliphatic rings. The smallest absolute Gasteiger partial charge is 0.180 e. The SMILES string of the molecule is [O-][NH+]1C=[C]N=N1. The fourth-order valence-corrected chi connectivity index (χ4v) is 0.191. The summed E-state index contributed by atoms with van der Waals surface area (Å²) in [7, 11) is 0. The van der Waals surface area contributed by atoms with Crippen molar-refractivity contribution >= 4 is 0 Å². The second kappa shape index (κ2) is 1.16. The summed E-state index contributed by atoms with van der Waals surface area (Å²) in [5, 5.41) is 15.7. The van der Waals surface area contributed by atoms with Crippen molar-refractivity contribution in [2.75, 3.05) is 0 Å². The Bertz CT molecular complexity index is 85.0. The minimum absolute atomic E-state index is 0.324. The van der Waals surface area contributed by atoms with Crippen molar-refractivity contribution in [2.24, 2.45) is 10.3 Å². The molecule has 0 fully saturated rings. The van der Waals surface area contributed by atoms with Crippen LogP contribution >= 0.6 is 0 Å². The van der Waals surface area contributed by atoms with Gasteiger partial charge >= 0.3 is 0 Å². The van der Waals surface area contributed by atoms with E-state index in [9.17, 15) is 5.21 Å². The van der Waals surface area contributed by atoms with Gasteiger partial charge in [0.25, 0.3) is 0 Å². The first-order chi connectivity index (χ1) is 2.89. The van der Waals surface area contributed by atoms with Crippen LogP contribution < -0.4 is 5.17 Å². The molecule has 4 heteroatoms. The monoisotopic (exact) mass is 84.0 g/mol. The number of hydroxylamine groups is 1. The molecule has 0 aliphatic carbocycles. The molecule has 0 bridgehead atoms. The van der Waals surface area contributed by atoms with Crippen LogP contribution in [-0.4, -0.2) is 0 Å². The molecule has 0 saturated heterocycles. The minimum atomic E-state index is -0.324. The molecule has 0 saturated carbocycles. The van der Waals surface area contributed by atoms with Crippen LogP contribution in [0.15, 0.2) is 16.5 Å². The zero-order chi connectivity index (χ0) is 4.41. The molecule has 1 rings (SSSR count). The van der Waals surface area contributed by atoms with Gasteiger partial charge in [-0.2, -0.15) is 5.17 Å². The lowest BCUT2D eigenvalue weighted by molar-refractivity contribution is -0.799. The maximum absolute atomic E-state index is 9.86. The summed E-state index contributed by atoms with van der Waals surface area (Å²) in [6.07, 6.45) is 3.44. The quantitative estimate of drug-likeness (QED) is 0.377. The van der Waals surface area contributed by atoms with Crippen molar-refractivity contribution in [3.63, 3.8) is 0 Å². The number of hydrogen-bond acceptors (Lipinski definition) is 3. The third-order valence-electron chi connectivity index (χ3n) is 0.394. The number of rotatable bonds is 0. The summed E-state index contributed by atoms with van der Waals surface area (Å²) in [6, 6.07) is 0. The Morgan fingerprint density at radius 3 is 2.83 bits per heavy atom. The van der Waals surface area contributed by atoms with Crippen molar-refractivity contribution < 1.29 is 5.17 Å². The summed E-state index contributed by atoms with van der Waals surface area (Å²) in [5.74, 6) is 0.